The molecule has 0 unspecified atom stereocenters. The van der Waals surface area contributed by atoms with E-state index >= 15 is 0 Å². The maximum atomic E-state index is 12.6. The van der Waals surface area contributed by atoms with Gasteiger partial charge in [-0.1, -0.05) is 18.2 Å². The molecule has 1 N–H and O–H groups in total. The Morgan fingerprint density at radius 1 is 0.941 bits per heavy atom. The summed E-state index contributed by atoms with van der Waals surface area (Å²) in [6.07, 6.45) is 2.75. The second kappa shape index (κ2) is 8.97. The first kappa shape index (κ1) is 21.6. The lowest BCUT2D eigenvalue weighted by molar-refractivity contribution is -0.116. The smallest absolute Gasteiger partial charge is 0.289 e. The highest BCUT2D eigenvalue weighted by Crippen LogP contribution is 2.25. The van der Waals surface area contributed by atoms with Gasteiger partial charge in [0.25, 0.3) is 17.7 Å². The van der Waals surface area contributed by atoms with Crippen LogP contribution in [0.4, 0.5) is 5.69 Å². The van der Waals surface area contributed by atoms with E-state index in [2.05, 4.69) is 5.32 Å². The van der Waals surface area contributed by atoms with Gasteiger partial charge in [-0.25, -0.2) is 0 Å². The quantitative estimate of drug-likeness (QED) is 0.571. The molecule has 8 heteroatoms. The zero-order valence-electron chi connectivity index (χ0n) is 18.5. The third kappa shape index (κ3) is 4.10. The highest BCUT2D eigenvalue weighted by atomic mass is 16.3. The molecule has 3 heterocycles. The van der Waals surface area contributed by atoms with Crippen LogP contribution in [0.25, 0.3) is 0 Å². The maximum absolute atomic E-state index is 12.6. The third-order valence-corrected chi connectivity index (χ3v) is 6.19. The fourth-order valence-electron chi connectivity index (χ4n) is 4.43. The molecule has 34 heavy (non-hydrogen) atoms. The van der Waals surface area contributed by atoms with E-state index in [4.69, 9.17) is 4.42 Å². The van der Waals surface area contributed by atoms with Gasteiger partial charge in [0.05, 0.1) is 17.4 Å². The van der Waals surface area contributed by atoms with Crippen molar-refractivity contribution in [1.29, 1.82) is 0 Å². The predicted molar refractivity (Wildman–Crippen MR) is 123 cm³/mol. The van der Waals surface area contributed by atoms with Crippen LogP contribution in [0.2, 0.25) is 0 Å². The summed E-state index contributed by atoms with van der Waals surface area (Å²) >= 11 is 0. The van der Waals surface area contributed by atoms with Crippen molar-refractivity contribution in [2.24, 2.45) is 0 Å². The number of furan rings is 1. The van der Waals surface area contributed by atoms with Gasteiger partial charge in [-0.2, -0.15) is 0 Å². The highest BCUT2D eigenvalue weighted by molar-refractivity contribution is 6.21. The van der Waals surface area contributed by atoms with Crippen LogP contribution >= 0.6 is 0 Å². The highest BCUT2D eigenvalue weighted by Gasteiger charge is 2.34. The van der Waals surface area contributed by atoms with Crippen molar-refractivity contribution >= 4 is 29.3 Å². The zero-order chi connectivity index (χ0) is 23.7. The van der Waals surface area contributed by atoms with Crippen molar-refractivity contribution in [3.8, 4) is 0 Å². The molecule has 0 aliphatic carbocycles. The van der Waals surface area contributed by atoms with Crippen molar-refractivity contribution < 1.29 is 23.6 Å². The van der Waals surface area contributed by atoms with Crippen molar-refractivity contribution in [2.75, 3.05) is 18.4 Å². The Balaban J connectivity index is 1.16. The van der Waals surface area contributed by atoms with Gasteiger partial charge >= 0.3 is 0 Å². The summed E-state index contributed by atoms with van der Waals surface area (Å²) < 4.78 is 5.23. The number of benzene rings is 2. The molecule has 4 amide bonds. The van der Waals surface area contributed by atoms with Crippen LogP contribution in [-0.4, -0.2) is 46.5 Å². The molecule has 2 aliphatic heterocycles. The van der Waals surface area contributed by atoms with E-state index in [1.165, 1.54) is 11.2 Å². The van der Waals surface area contributed by atoms with E-state index in [-0.39, 0.29) is 36.6 Å². The van der Waals surface area contributed by atoms with Gasteiger partial charge in [-0.15, -0.1) is 0 Å². The molecule has 5 rings (SSSR count). The number of nitrogens with zero attached hydrogens (tertiary/aromatic N) is 2. The molecule has 0 saturated heterocycles. The molecule has 0 bridgehead atoms. The van der Waals surface area contributed by atoms with Crippen LogP contribution in [0, 0.1) is 0 Å². The van der Waals surface area contributed by atoms with E-state index < -0.39 is 0 Å². The number of hydrogen-bond acceptors (Lipinski definition) is 5. The van der Waals surface area contributed by atoms with Crippen LogP contribution in [0.15, 0.2) is 65.3 Å². The van der Waals surface area contributed by atoms with Crippen molar-refractivity contribution in [1.82, 2.24) is 9.80 Å². The lowest BCUT2D eigenvalue weighted by Crippen LogP contribution is -2.35. The summed E-state index contributed by atoms with van der Waals surface area (Å²) in [5, 5.41) is 2.88. The minimum Gasteiger partial charge on any atom is -0.459 e. The molecular formula is C26H23N3O5. The SMILES string of the molecule is O=C(CCCN1C(=O)c2ccccc2C1=O)Nc1ccc2c(c1)CN(C(=O)c1ccco1)CC2. The molecule has 0 fully saturated rings. The number of hydrogen-bond donors (Lipinski definition) is 1. The average Bonchev–Trinajstić information content (AvgIpc) is 3.47. The monoisotopic (exact) mass is 457 g/mol. The maximum Gasteiger partial charge on any atom is 0.289 e. The Kier molecular flexibility index (Phi) is 5.71. The van der Waals surface area contributed by atoms with Gasteiger partial charge < -0.3 is 14.6 Å². The molecule has 0 saturated carbocycles. The second-order valence-corrected chi connectivity index (χ2v) is 8.40. The molecule has 172 valence electrons. The minimum absolute atomic E-state index is 0.154. The van der Waals surface area contributed by atoms with Crippen LogP contribution in [-0.2, 0) is 17.8 Å². The Bertz CT molecular complexity index is 1250. The number of amides is 4. The van der Waals surface area contributed by atoms with Gasteiger partial charge in [0.2, 0.25) is 5.91 Å². The number of carbonyl (C=O) groups is 4. The zero-order valence-corrected chi connectivity index (χ0v) is 18.5. The third-order valence-electron chi connectivity index (χ3n) is 6.19. The van der Waals surface area contributed by atoms with Crippen LogP contribution in [0.5, 0.6) is 0 Å². The standard InChI is InChI=1S/C26H23N3O5/c30-23(8-3-12-29-24(31)20-5-1-2-6-21(20)25(29)32)27-19-10-9-17-11-13-28(16-18(17)15-19)26(33)22-7-4-14-34-22/h1-2,4-7,9-10,14-15H,3,8,11-13,16H2,(H,27,30). The molecule has 8 nitrogen and oxygen atoms in total. The van der Waals surface area contributed by atoms with Gasteiger partial charge in [-0.3, -0.25) is 24.1 Å². The van der Waals surface area contributed by atoms with Crippen LogP contribution in [0.1, 0.15) is 55.2 Å². The number of imide groups is 1. The van der Waals surface area contributed by atoms with Crippen LogP contribution in [0.3, 0.4) is 0 Å². The molecule has 2 aliphatic rings. The number of fused-ring (bicyclic) bond motifs is 2. The van der Waals surface area contributed by atoms with E-state index in [0.717, 1.165) is 17.5 Å². The van der Waals surface area contributed by atoms with Crippen molar-refractivity contribution in [3.63, 3.8) is 0 Å². The van der Waals surface area contributed by atoms with E-state index in [1.54, 1.807) is 41.3 Å². The normalized spacial score (nSPS) is 14.7. The lowest BCUT2D eigenvalue weighted by Gasteiger charge is -2.28. The Labute approximate surface area is 196 Å². The fourth-order valence-corrected chi connectivity index (χ4v) is 4.43. The fraction of sp³-hybridized carbons (Fsp3) is 0.231. The number of rotatable bonds is 6. The number of nitrogens with one attached hydrogen (secondary N) is 1. The summed E-state index contributed by atoms with van der Waals surface area (Å²) in [6, 6.07) is 15.8. The summed E-state index contributed by atoms with van der Waals surface area (Å²) in [7, 11) is 0. The van der Waals surface area contributed by atoms with Gasteiger partial charge in [-0.05, 0) is 60.4 Å². The first-order valence-electron chi connectivity index (χ1n) is 11.2. The summed E-state index contributed by atoms with van der Waals surface area (Å²) in [5.41, 5.74) is 3.59. The van der Waals surface area contributed by atoms with Gasteiger partial charge in [0.1, 0.15) is 0 Å². The Hall–Kier alpha value is -4.20. The summed E-state index contributed by atoms with van der Waals surface area (Å²) in [5.74, 6) is -0.672. The molecule has 3 aromatic rings. The average molecular weight is 457 g/mol. The number of carbonyl (C=O) groups excluding carboxylic acids is 4. The minimum atomic E-state index is -0.315. The van der Waals surface area contributed by atoms with Crippen molar-refractivity contribution in [2.45, 2.75) is 25.8 Å². The largest absolute Gasteiger partial charge is 0.459 e. The van der Waals surface area contributed by atoms with Crippen molar-refractivity contribution in [3.05, 3.63) is 88.9 Å². The van der Waals surface area contributed by atoms with Gasteiger partial charge in [0, 0.05) is 31.7 Å². The molecule has 2 aromatic carbocycles. The Morgan fingerprint density at radius 3 is 2.41 bits per heavy atom. The first-order chi connectivity index (χ1) is 16.5. The molecule has 0 atom stereocenters. The molecule has 0 spiro atoms. The lowest BCUT2D eigenvalue weighted by atomic mass is 9.98. The summed E-state index contributed by atoms with van der Waals surface area (Å²) in [6.45, 7) is 1.24. The summed E-state index contributed by atoms with van der Waals surface area (Å²) in [4.78, 5) is 52.9. The Morgan fingerprint density at radius 2 is 1.71 bits per heavy atom. The predicted octanol–water partition coefficient (Wildman–Crippen LogP) is 3.49. The van der Waals surface area contributed by atoms with E-state index in [9.17, 15) is 19.2 Å². The molecular weight excluding hydrogens is 434 g/mol. The number of anilines is 1. The molecule has 1 aromatic heterocycles. The van der Waals surface area contributed by atoms with E-state index in [1.807, 2.05) is 18.2 Å². The topological polar surface area (TPSA) is 99.9 Å². The van der Waals surface area contributed by atoms with E-state index in [0.29, 0.717) is 42.1 Å². The molecule has 0 radical (unpaired) electrons. The van der Waals surface area contributed by atoms with Crippen LogP contribution < -0.4 is 5.32 Å². The first-order valence-corrected chi connectivity index (χ1v) is 11.2. The van der Waals surface area contributed by atoms with Gasteiger partial charge in [0.15, 0.2) is 5.76 Å². The second-order valence-electron chi connectivity index (χ2n) is 8.40.